The van der Waals surface area contributed by atoms with Gasteiger partial charge >= 0.3 is 5.97 Å². The molecule has 0 aliphatic heterocycles. The molecule has 1 aromatic heterocycles. The molecule has 2 aromatic carbocycles. The maximum atomic E-state index is 12.6. The largest absolute Gasteiger partial charge is 0.485 e. The Hall–Kier alpha value is -3.16. The van der Waals surface area contributed by atoms with Crippen molar-refractivity contribution >= 4 is 23.2 Å². The normalized spacial score (nSPS) is 13.2. The zero-order chi connectivity index (χ0) is 28.2. The highest BCUT2D eigenvalue weighted by molar-refractivity contribution is 7.14. The molecule has 0 fully saturated rings. The summed E-state index contributed by atoms with van der Waals surface area (Å²) in [7, 11) is 1.23. The zero-order valence-corrected chi connectivity index (χ0v) is 24.4. The molecule has 38 heavy (non-hydrogen) atoms. The van der Waals surface area contributed by atoms with Gasteiger partial charge in [0.15, 0.2) is 0 Å². The van der Waals surface area contributed by atoms with E-state index < -0.39 is 18.1 Å². The minimum absolute atomic E-state index is 0.109. The second-order valence-corrected chi connectivity index (χ2v) is 12.1. The first kappa shape index (κ1) is 29.4. The summed E-state index contributed by atoms with van der Waals surface area (Å²) in [5.74, 6) is -0.119. The van der Waals surface area contributed by atoms with Crippen molar-refractivity contribution in [3.63, 3.8) is 0 Å². The number of benzene rings is 2. The molecule has 0 spiro atoms. The van der Waals surface area contributed by atoms with E-state index in [0.717, 1.165) is 21.8 Å². The van der Waals surface area contributed by atoms with Gasteiger partial charge in [-0.1, -0.05) is 58.9 Å². The molecule has 0 aliphatic rings. The van der Waals surface area contributed by atoms with E-state index in [0.29, 0.717) is 4.88 Å². The van der Waals surface area contributed by atoms with E-state index in [1.165, 1.54) is 35.1 Å². The molecule has 0 bridgehead atoms. The number of carbonyl (C=O) groups is 2. The Kier molecular flexibility index (Phi) is 9.39. The number of nitrogens with one attached hydrogen (secondary N) is 1. The third kappa shape index (κ3) is 7.23. The lowest BCUT2D eigenvalue weighted by molar-refractivity contribution is -0.143. The van der Waals surface area contributed by atoms with E-state index in [1.54, 1.807) is 6.07 Å². The van der Waals surface area contributed by atoms with Crippen molar-refractivity contribution in [2.45, 2.75) is 72.6 Å². The highest BCUT2D eigenvalue weighted by Crippen LogP contribution is 2.37. The van der Waals surface area contributed by atoms with Gasteiger partial charge in [0.1, 0.15) is 18.1 Å². The number of amides is 1. The molecule has 0 saturated heterocycles. The summed E-state index contributed by atoms with van der Waals surface area (Å²) in [6.45, 7) is 15.0. The number of ether oxygens (including phenoxy) is 2. The maximum Gasteiger partial charge on any atom is 0.310 e. The standard InChI is InChI=1S/C31H39NO5S/c1-18(2)29(24-13-14-25(38-24)30(35)32-26(33)17-27(34)36-8)37-23-15-19(3)28(20(4)16-23)21-9-11-22(12-10-21)31(5,6)7/h9-16,18,26,29,33H,17H2,1-8H3,(H,32,35)/t26-,29?/m0/s1. The molecule has 3 rings (SSSR count). The van der Waals surface area contributed by atoms with Crippen LogP contribution >= 0.6 is 11.3 Å². The molecule has 1 amide bonds. The Morgan fingerprint density at radius 2 is 1.61 bits per heavy atom. The highest BCUT2D eigenvalue weighted by Gasteiger charge is 2.24. The molecule has 3 aromatic rings. The van der Waals surface area contributed by atoms with Crippen LogP contribution in [0.5, 0.6) is 5.75 Å². The fraction of sp³-hybridized carbons (Fsp3) is 0.419. The Morgan fingerprint density at radius 3 is 2.13 bits per heavy atom. The summed E-state index contributed by atoms with van der Waals surface area (Å²) in [5.41, 5.74) is 6.08. The number of esters is 1. The van der Waals surface area contributed by atoms with E-state index >= 15 is 0 Å². The number of aliphatic hydroxyl groups is 1. The van der Waals surface area contributed by atoms with Crippen LogP contribution in [-0.4, -0.2) is 30.3 Å². The number of aliphatic hydroxyl groups excluding tert-OH is 1. The Morgan fingerprint density at radius 1 is 1.00 bits per heavy atom. The minimum atomic E-state index is -1.31. The van der Waals surface area contributed by atoms with Crippen molar-refractivity contribution in [1.29, 1.82) is 0 Å². The number of thiophene rings is 1. The van der Waals surface area contributed by atoms with Crippen LogP contribution in [0.15, 0.2) is 48.5 Å². The van der Waals surface area contributed by atoms with Gasteiger partial charge < -0.3 is 19.9 Å². The average Bonchev–Trinajstić information content (AvgIpc) is 3.31. The lowest BCUT2D eigenvalue weighted by atomic mass is 9.85. The van der Waals surface area contributed by atoms with E-state index in [2.05, 4.69) is 94.9 Å². The van der Waals surface area contributed by atoms with Crippen molar-refractivity contribution < 1.29 is 24.2 Å². The maximum absolute atomic E-state index is 12.6. The van der Waals surface area contributed by atoms with E-state index in [1.807, 2.05) is 6.07 Å². The molecule has 6 nitrogen and oxygen atoms in total. The van der Waals surface area contributed by atoms with E-state index in [4.69, 9.17) is 4.74 Å². The zero-order valence-electron chi connectivity index (χ0n) is 23.5. The van der Waals surface area contributed by atoms with Crippen LogP contribution in [-0.2, 0) is 14.9 Å². The summed E-state index contributed by atoms with van der Waals surface area (Å²) < 4.78 is 11.0. The molecule has 7 heteroatoms. The molecular weight excluding hydrogens is 498 g/mol. The van der Waals surface area contributed by atoms with Crippen LogP contribution in [0.3, 0.4) is 0 Å². The van der Waals surface area contributed by atoms with Gasteiger partial charge in [-0.2, -0.15) is 0 Å². The lowest BCUT2D eigenvalue weighted by Gasteiger charge is -2.23. The van der Waals surface area contributed by atoms with Gasteiger partial charge in [-0.25, -0.2) is 0 Å². The van der Waals surface area contributed by atoms with Crippen LogP contribution < -0.4 is 10.1 Å². The second kappa shape index (κ2) is 12.1. The number of aryl methyl sites for hydroxylation is 2. The van der Waals surface area contributed by atoms with Gasteiger partial charge in [0.05, 0.1) is 18.4 Å². The second-order valence-electron chi connectivity index (χ2n) is 11.0. The topological polar surface area (TPSA) is 84.9 Å². The van der Waals surface area contributed by atoms with E-state index in [-0.39, 0.29) is 23.9 Å². The van der Waals surface area contributed by atoms with Gasteiger partial charge in [0.2, 0.25) is 0 Å². The smallest absolute Gasteiger partial charge is 0.310 e. The summed E-state index contributed by atoms with van der Waals surface area (Å²) in [6, 6.07) is 16.5. The van der Waals surface area contributed by atoms with Crippen molar-refractivity contribution in [3.8, 4) is 16.9 Å². The predicted molar refractivity (Wildman–Crippen MR) is 153 cm³/mol. The fourth-order valence-corrected chi connectivity index (χ4v) is 5.51. The fourth-order valence-electron chi connectivity index (χ4n) is 4.40. The monoisotopic (exact) mass is 537 g/mol. The van der Waals surface area contributed by atoms with Crippen molar-refractivity contribution in [1.82, 2.24) is 5.32 Å². The Bertz CT molecular complexity index is 1250. The third-order valence-electron chi connectivity index (χ3n) is 6.43. The Labute approximate surface area is 230 Å². The van der Waals surface area contributed by atoms with Gasteiger partial charge in [0.25, 0.3) is 5.91 Å². The van der Waals surface area contributed by atoms with Gasteiger partial charge in [-0.05, 0) is 77.3 Å². The average molecular weight is 538 g/mol. The van der Waals surface area contributed by atoms with Gasteiger partial charge in [-0.3, -0.25) is 9.59 Å². The van der Waals surface area contributed by atoms with Crippen LogP contribution in [0, 0.1) is 19.8 Å². The minimum Gasteiger partial charge on any atom is -0.485 e. The first-order chi connectivity index (χ1) is 17.8. The first-order valence-electron chi connectivity index (χ1n) is 12.8. The van der Waals surface area contributed by atoms with Gasteiger partial charge in [-0.15, -0.1) is 11.3 Å². The number of hydrogen-bond acceptors (Lipinski definition) is 6. The summed E-state index contributed by atoms with van der Waals surface area (Å²) >= 11 is 1.31. The lowest BCUT2D eigenvalue weighted by Crippen LogP contribution is -2.36. The number of hydrogen-bond donors (Lipinski definition) is 2. The molecule has 0 saturated carbocycles. The number of rotatable bonds is 9. The molecule has 0 radical (unpaired) electrons. The van der Waals surface area contributed by atoms with Crippen molar-refractivity contribution in [3.05, 3.63) is 75.0 Å². The van der Waals surface area contributed by atoms with E-state index in [9.17, 15) is 14.7 Å². The molecule has 204 valence electrons. The highest BCUT2D eigenvalue weighted by atomic mass is 32.1. The van der Waals surface area contributed by atoms with Crippen LogP contribution in [0.4, 0.5) is 0 Å². The van der Waals surface area contributed by atoms with Gasteiger partial charge in [0, 0.05) is 4.88 Å². The molecule has 2 N–H and O–H groups in total. The van der Waals surface area contributed by atoms with Crippen LogP contribution in [0.1, 0.15) is 78.4 Å². The van der Waals surface area contributed by atoms with Crippen molar-refractivity contribution in [2.75, 3.05) is 7.11 Å². The SMILES string of the molecule is COC(=O)C[C@H](O)NC(=O)c1ccc(C(Oc2cc(C)c(-c3ccc(C(C)(C)C)cc3)c(C)c2)C(C)C)s1. The quantitative estimate of drug-likeness (QED) is 0.234. The molecule has 1 heterocycles. The third-order valence-corrected chi connectivity index (χ3v) is 7.58. The Balaban J connectivity index is 1.79. The summed E-state index contributed by atoms with van der Waals surface area (Å²) in [4.78, 5) is 25.2. The summed E-state index contributed by atoms with van der Waals surface area (Å²) in [6.07, 6.45) is -1.88. The number of carbonyl (C=O) groups excluding carboxylic acids is 2. The first-order valence-corrected chi connectivity index (χ1v) is 13.7. The number of methoxy groups -OCH3 is 1. The van der Waals surface area contributed by atoms with Crippen LogP contribution in [0.2, 0.25) is 0 Å². The van der Waals surface area contributed by atoms with Crippen molar-refractivity contribution in [2.24, 2.45) is 5.92 Å². The molecule has 0 aliphatic carbocycles. The predicted octanol–water partition coefficient (Wildman–Crippen LogP) is 6.72. The molecule has 2 atom stereocenters. The molecular formula is C31H39NO5S. The van der Waals surface area contributed by atoms with Crippen LogP contribution in [0.25, 0.3) is 11.1 Å². The summed E-state index contributed by atoms with van der Waals surface area (Å²) in [5, 5.41) is 12.4. The molecule has 1 unspecified atom stereocenters.